The molecule has 7 heteroatoms. The molecule has 0 aromatic carbocycles. The van der Waals surface area contributed by atoms with Gasteiger partial charge in [-0.15, -0.1) is 0 Å². The summed E-state index contributed by atoms with van der Waals surface area (Å²) in [7, 11) is 0. The number of aromatic nitrogens is 2. The van der Waals surface area contributed by atoms with Crippen molar-refractivity contribution in [3.63, 3.8) is 0 Å². The van der Waals surface area contributed by atoms with Crippen LogP contribution >= 0.6 is 0 Å². The van der Waals surface area contributed by atoms with Crippen LogP contribution in [-0.4, -0.2) is 45.4 Å². The molecule has 0 amide bonds. The molecule has 3 rings (SSSR count). The Hall–Kier alpha value is -1.08. The summed E-state index contributed by atoms with van der Waals surface area (Å²) in [6.07, 6.45) is -0.0740. The predicted molar refractivity (Wildman–Crippen MR) is 70.8 cm³/mol. The number of aromatic amines is 1. The van der Waals surface area contributed by atoms with Crippen molar-refractivity contribution >= 4 is 0 Å². The number of hydrogen-bond acceptors (Lipinski definition) is 3. The highest BCUT2D eigenvalue weighted by molar-refractivity contribution is 5.16. The van der Waals surface area contributed by atoms with E-state index in [-0.39, 0.29) is 18.1 Å². The van der Waals surface area contributed by atoms with E-state index in [2.05, 4.69) is 15.1 Å². The summed E-state index contributed by atoms with van der Waals surface area (Å²) in [4.78, 5) is 2.29. The van der Waals surface area contributed by atoms with Gasteiger partial charge in [-0.3, -0.25) is 10.00 Å². The van der Waals surface area contributed by atoms with Crippen LogP contribution in [-0.2, 0) is 6.18 Å². The first kappa shape index (κ1) is 14.8. The van der Waals surface area contributed by atoms with Crippen molar-refractivity contribution in [3.05, 3.63) is 17.5 Å². The van der Waals surface area contributed by atoms with Gasteiger partial charge in [0, 0.05) is 17.7 Å². The molecule has 0 radical (unpaired) electrons. The van der Waals surface area contributed by atoms with Crippen molar-refractivity contribution in [2.24, 2.45) is 0 Å². The number of likely N-dealkylation sites (tertiary alicyclic amines) is 1. The van der Waals surface area contributed by atoms with Crippen LogP contribution < -0.4 is 0 Å². The third-order valence-corrected chi connectivity index (χ3v) is 4.77. The van der Waals surface area contributed by atoms with E-state index in [0.717, 1.165) is 51.3 Å². The van der Waals surface area contributed by atoms with Gasteiger partial charge in [0.25, 0.3) is 0 Å². The van der Waals surface area contributed by atoms with E-state index in [0.29, 0.717) is 5.69 Å². The van der Waals surface area contributed by atoms with Crippen molar-refractivity contribution in [1.29, 1.82) is 0 Å². The topological polar surface area (TPSA) is 52.1 Å². The van der Waals surface area contributed by atoms with E-state index in [9.17, 15) is 18.3 Å². The molecule has 1 aliphatic carbocycles. The van der Waals surface area contributed by atoms with Crippen molar-refractivity contribution in [2.75, 3.05) is 13.1 Å². The first-order valence-electron chi connectivity index (χ1n) is 7.50. The van der Waals surface area contributed by atoms with Crippen LogP contribution in [0.2, 0.25) is 0 Å². The lowest BCUT2D eigenvalue weighted by Crippen LogP contribution is -2.44. The fraction of sp³-hybridized carbons (Fsp3) is 0.786. The van der Waals surface area contributed by atoms with Crippen LogP contribution in [0.4, 0.5) is 13.2 Å². The molecule has 1 aromatic heterocycles. The third-order valence-electron chi connectivity index (χ3n) is 4.77. The van der Waals surface area contributed by atoms with Gasteiger partial charge in [0.2, 0.25) is 0 Å². The first-order chi connectivity index (χ1) is 9.95. The molecule has 0 unspecified atom stereocenters. The lowest BCUT2D eigenvalue weighted by atomic mass is 9.92. The van der Waals surface area contributed by atoms with Gasteiger partial charge in [0.05, 0.1) is 6.10 Å². The number of halogens is 3. The number of hydrogen-bond donors (Lipinski definition) is 2. The molecule has 118 valence electrons. The minimum atomic E-state index is -4.39. The Kier molecular flexibility index (Phi) is 3.96. The Balaban J connectivity index is 1.59. The summed E-state index contributed by atoms with van der Waals surface area (Å²) in [5.74, 6) is 0.100. The molecule has 1 saturated carbocycles. The van der Waals surface area contributed by atoms with Crippen molar-refractivity contribution in [1.82, 2.24) is 15.1 Å². The smallest absolute Gasteiger partial charge is 0.391 e. The molecule has 21 heavy (non-hydrogen) atoms. The summed E-state index contributed by atoms with van der Waals surface area (Å²) in [5.41, 5.74) is -0.264. The Morgan fingerprint density at radius 1 is 1.19 bits per heavy atom. The molecule has 0 bridgehead atoms. The van der Waals surface area contributed by atoms with E-state index in [1.54, 1.807) is 0 Å². The second-order valence-electron chi connectivity index (χ2n) is 6.08. The molecule has 2 aliphatic rings. The van der Waals surface area contributed by atoms with Crippen LogP contribution in [0.5, 0.6) is 0 Å². The fourth-order valence-electron chi connectivity index (χ4n) is 3.58. The average molecular weight is 303 g/mol. The predicted octanol–water partition coefficient (Wildman–Crippen LogP) is 2.52. The number of rotatable bonds is 2. The summed E-state index contributed by atoms with van der Waals surface area (Å²) < 4.78 is 37.7. The van der Waals surface area contributed by atoms with E-state index >= 15 is 0 Å². The summed E-state index contributed by atoms with van der Waals surface area (Å²) in [5, 5.41) is 15.8. The largest absolute Gasteiger partial charge is 0.435 e. The Morgan fingerprint density at radius 3 is 2.43 bits per heavy atom. The highest BCUT2D eigenvalue weighted by Gasteiger charge is 2.36. The SMILES string of the molecule is O[C@H]1CCC[C@@H]1N1CCC(c2cc(C(F)(F)F)n[nH]2)CC1. The monoisotopic (exact) mass is 303 g/mol. The van der Waals surface area contributed by atoms with Crippen molar-refractivity contribution < 1.29 is 18.3 Å². The molecule has 2 N–H and O–H groups in total. The maximum atomic E-state index is 12.6. The molecule has 1 aromatic rings. The molecule has 2 heterocycles. The summed E-state index contributed by atoms with van der Waals surface area (Å²) in [6.45, 7) is 1.65. The second-order valence-corrected chi connectivity index (χ2v) is 6.08. The Bertz CT molecular complexity index is 480. The van der Waals surface area contributed by atoms with Crippen LogP contribution in [0.3, 0.4) is 0 Å². The lowest BCUT2D eigenvalue weighted by molar-refractivity contribution is -0.141. The normalized spacial score (nSPS) is 29.1. The number of nitrogens with one attached hydrogen (secondary N) is 1. The van der Waals surface area contributed by atoms with Gasteiger partial charge in [-0.2, -0.15) is 18.3 Å². The Labute approximate surface area is 121 Å². The molecule has 0 spiro atoms. The number of H-pyrrole nitrogens is 1. The zero-order chi connectivity index (χ0) is 15.0. The number of aliphatic hydroxyl groups excluding tert-OH is 1. The molecular formula is C14H20F3N3O. The van der Waals surface area contributed by atoms with Gasteiger partial charge in [0.1, 0.15) is 0 Å². The second kappa shape index (κ2) is 5.61. The number of alkyl halides is 3. The zero-order valence-electron chi connectivity index (χ0n) is 11.7. The highest BCUT2D eigenvalue weighted by Crippen LogP contribution is 2.34. The van der Waals surface area contributed by atoms with E-state index in [1.165, 1.54) is 0 Å². The number of piperidine rings is 1. The average Bonchev–Trinajstić information content (AvgIpc) is 3.07. The Morgan fingerprint density at radius 2 is 1.90 bits per heavy atom. The molecule has 1 aliphatic heterocycles. The fourth-order valence-corrected chi connectivity index (χ4v) is 3.58. The lowest BCUT2D eigenvalue weighted by Gasteiger charge is -2.37. The van der Waals surface area contributed by atoms with E-state index in [4.69, 9.17) is 0 Å². The van der Waals surface area contributed by atoms with Gasteiger partial charge in [0.15, 0.2) is 5.69 Å². The molecule has 4 nitrogen and oxygen atoms in total. The maximum Gasteiger partial charge on any atom is 0.435 e. The van der Waals surface area contributed by atoms with E-state index in [1.807, 2.05) is 0 Å². The van der Waals surface area contributed by atoms with Gasteiger partial charge < -0.3 is 5.11 Å². The maximum absolute atomic E-state index is 12.6. The quantitative estimate of drug-likeness (QED) is 0.883. The van der Waals surface area contributed by atoms with Crippen molar-refractivity contribution in [2.45, 2.75) is 56.3 Å². The minimum absolute atomic E-state index is 0.100. The van der Waals surface area contributed by atoms with Gasteiger partial charge >= 0.3 is 6.18 Å². The molecule has 1 saturated heterocycles. The van der Waals surface area contributed by atoms with Gasteiger partial charge in [-0.25, -0.2) is 0 Å². The van der Waals surface area contributed by atoms with Crippen LogP contribution in [0, 0.1) is 0 Å². The summed E-state index contributed by atoms with van der Waals surface area (Å²) >= 11 is 0. The molecule has 2 fully saturated rings. The van der Waals surface area contributed by atoms with Crippen LogP contribution in [0.1, 0.15) is 49.4 Å². The highest BCUT2D eigenvalue weighted by atomic mass is 19.4. The number of aliphatic hydroxyl groups is 1. The van der Waals surface area contributed by atoms with Gasteiger partial charge in [-0.05, 0) is 51.3 Å². The summed E-state index contributed by atoms with van der Waals surface area (Å²) in [6, 6.07) is 1.36. The number of nitrogens with zero attached hydrogens (tertiary/aromatic N) is 2. The minimum Gasteiger partial charge on any atom is -0.391 e. The van der Waals surface area contributed by atoms with Gasteiger partial charge in [-0.1, -0.05) is 0 Å². The first-order valence-corrected chi connectivity index (χ1v) is 7.50. The molecular weight excluding hydrogens is 283 g/mol. The van der Waals surface area contributed by atoms with Crippen LogP contribution in [0.15, 0.2) is 6.07 Å². The molecule has 2 atom stereocenters. The zero-order valence-corrected chi connectivity index (χ0v) is 11.7. The van der Waals surface area contributed by atoms with E-state index < -0.39 is 11.9 Å². The third kappa shape index (κ3) is 3.08. The van der Waals surface area contributed by atoms with Crippen molar-refractivity contribution in [3.8, 4) is 0 Å². The van der Waals surface area contributed by atoms with Crippen LogP contribution in [0.25, 0.3) is 0 Å². The standard InChI is InChI=1S/C14H20F3N3O/c15-14(16,17)13-8-10(18-19-13)9-4-6-20(7-5-9)11-2-1-3-12(11)21/h8-9,11-12,21H,1-7H2,(H,18,19)/t11-,12-/m0/s1.